The van der Waals surface area contributed by atoms with Crippen molar-refractivity contribution >= 4 is 0 Å². The summed E-state index contributed by atoms with van der Waals surface area (Å²) >= 11 is 0. The summed E-state index contributed by atoms with van der Waals surface area (Å²) < 4.78 is 0. The molecule has 0 fully saturated rings. The molecule has 0 amide bonds. The van der Waals surface area contributed by atoms with Gasteiger partial charge in [-0.25, -0.2) is 0 Å². The quantitative estimate of drug-likeness (QED) is 0.767. The summed E-state index contributed by atoms with van der Waals surface area (Å²) in [6, 6.07) is 17.2. The minimum Gasteiger partial charge on any atom is -0.313 e. The van der Waals surface area contributed by atoms with E-state index in [1.54, 1.807) is 0 Å². The molecule has 0 aliphatic carbocycles. The first-order valence-electron chi connectivity index (χ1n) is 7.07. The molecule has 0 saturated heterocycles. The predicted octanol–water partition coefficient (Wildman–Crippen LogP) is 4.03. The maximum Gasteiger partial charge on any atom is 0.0210 e. The first kappa shape index (κ1) is 13.8. The monoisotopic (exact) mass is 253 g/mol. The van der Waals surface area contributed by atoms with Gasteiger partial charge in [-0.2, -0.15) is 0 Å². The molecule has 2 rings (SSSR count). The van der Waals surface area contributed by atoms with Crippen LogP contribution in [0.25, 0.3) is 0 Å². The first-order chi connectivity index (χ1) is 9.27. The van der Waals surface area contributed by atoms with Gasteiger partial charge in [0.25, 0.3) is 0 Å². The molecule has 0 spiro atoms. The number of aryl methyl sites for hydroxylation is 3. The molecular weight excluding hydrogens is 230 g/mol. The molecule has 1 heteroatoms. The molecule has 0 aliphatic rings. The topological polar surface area (TPSA) is 12.0 Å². The van der Waals surface area contributed by atoms with Gasteiger partial charge < -0.3 is 5.32 Å². The Morgan fingerprint density at radius 1 is 0.842 bits per heavy atom. The average molecular weight is 253 g/mol. The van der Waals surface area contributed by atoms with E-state index >= 15 is 0 Å². The zero-order chi connectivity index (χ0) is 13.5. The molecule has 0 aliphatic heterocycles. The van der Waals surface area contributed by atoms with Crippen molar-refractivity contribution < 1.29 is 0 Å². The number of rotatable bonds is 6. The minimum atomic E-state index is 0.979. The smallest absolute Gasteiger partial charge is 0.0210 e. The van der Waals surface area contributed by atoms with Gasteiger partial charge in [0.1, 0.15) is 0 Å². The summed E-state index contributed by atoms with van der Waals surface area (Å²) in [6.07, 6.45) is 2.34. The molecule has 0 heterocycles. The normalized spacial score (nSPS) is 10.6. The Hall–Kier alpha value is -1.60. The van der Waals surface area contributed by atoms with Crippen molar-refractivity contribution in [1.82, 2.24) is 5.32 Å². The van der Waals surface area contributed by atoms with Crippen LogP contribution in [0.15, 0.2) is 48.5 Å². The van der Waals surface area contributed by atoms with E-state index in [0.717, 1.165) is 19.5 Å². The Bertz CT molecular complexity index is 482. The van der Waals surface area contributed by atoms with E-state index < -0.39 is 0 Å². The summed E-state index contributed by atoms with van der Waals surface area (Å²) in [5, 5.41) is 3.55. The van der Waals surface area contributed by atoms with Crippen LogP contribution in [0.4, 0.5) is 0 Å². The second-order valence-electron chi connectivity index (χ2n) is 5.14. The third-order valence-electron chi connectivity index (χ3n) is 3.61. The number of benzene rings is 2. The summed E-state index contributed by atoms with van der Waals surface area (Å²) in [4.78, 5) is 0. The lowest BCUT2D eigenvalue weighted by Crippen LogP contribution is -2.16. The van der Waals surface area contributed by atoms with E-state index in [1.165, 1.54) is 28.7 Å². The molecule has 0 atom stereocenters. The summed E-state index contributed by atoms with van der Waals surface area (Å²) in [5.41, 5.74) is 5.64. The molecule has 0 unspecified atom stereocenters. The van der Waals surface area contributed by atoms with E-state index in [4.69, 9.17) is 0 Å². The molecule has 0 saturated carbocycles. The fourth-order valence-corrected chi connectivity index (χ4v) is 2.40. The molecule has 2 aromatic rings. The fourth-order valence-electron chi connectivity index (χ4n) is 2.40. The largest absolute Gasteiger partial charge is 0.313 e. The van der Waals surface area contributed by atoms with Crippen molar-refractivity contribution in [3.8, 4) is 0 Å². The highest BCUT2D eigenvalue weighted by molar-refractivity contribution is 5.33. The number of hydrogen-bond acceptors (Lipinski definition) is 1. The van der Waals surface area contributed by atoms with E-state index in [1.807, 2.05) is 0 Å². The Kier molecular flexibility index (Phi) is 5.17. The highest BCUT2D eigenvalue weighted by atomic mass is 14.8. The standard InChI is InChI=1S/C18H23N/c1-15-8-6-9-16(2)18(15)14-19-13-7-12-17-10-4-3-5-11-17/h3-6,8-11,19H,7,12-14H2,1-2H3. The lowest BCUT2D eigenvalue weighted by Gasteiger charge is -2.10. The minimum absolute atomic E-state index is 0.979. The van der Waals surface area contributed by atoms with Gasteiger partial charge in [-0.1, -0.05) is 48.5 Å². The average Bonchev–Trinajstić information content (AvgIpc) is 2.42. The summed E-state index contributed by atoms with van der Waals surface area (Å²) in [7, 11) is 0. The molecular formula is C18H23N. The summed E-state index contributed by atoms with van der Waals surface area (Å²) in [5.74, 6) is 0. The number of hydrogen-bond donors (Lipinski definition) is 1. The molecule has 2 aromatic carbocycles. The van der Waals surface area contributed by atoms with Crippen LogP contribution < -0.4 is 5.32 Å². The third-order valence-corrected chi connectivity index (χ3v) is 3.61. The van der Waals surface area contributed by atoms with Gasteiger partial charge >= 0.3 is 0 Å². The lowest BCUT2D eigenvalue weighted by atomic mass is 10.0. The highest BCUT2D eigenvalue weighted by Gasteiger charge is 2.00. The van der Waals surface area contributed by atoms with Crippen molar-refractivity contribution in [2.24, 2.45) is 0 Å². The van der Waals surface area contributed by atoms with Gasteiger partial charge in [0.05, 0.1) is 0 Å². The maximum atomic E-state index is 3.55. The van der Waals surface area contributed by atoms with E-state index in [-0.39, 0.29) is 0 Å². The van der Waals surface area contributed by atoms with E-state index in [2.05, 4.69) is 67.7 Å². The van der Waals surface area contributed by atoms with Crippen LogP contribution >= 0.6 is 0 Å². The molecule has 1 nitrogen and oxygen atoms in total. The van der Waals surface area contributed by atoms with E-state index in [9.17, 15) is 0 Å². The zero-order valence-electron chi connectivity index (χ0n) is 11.9. The molecule has 0 bridgehead atoms. The van der Waals surface area contributed by atoms with Crippen molar-refractivity contribution in [1.29, 1.82) is 0 Å². The van der Waals surface area contributed by atoms with Crippen LogP contribution in [-0.4, -0.2) is 6.54 Å². The van der Waals surface area contributed by atoms with Crippen LogP contribution in [0.1, 0.15) is 28.7 Å². The van der Waals surface area contributed by atoms with Gasteiger partial charge in [-0.15, -0.1) is 0 Å². The van der Waals surface area contributed by atoms with Crippen molar-refractivity contribution in [3.63, 3.8) is 0 Å². The predicted molar refractivity (Wildman–Crippen MR) is 82.4 cm³/mol. The molecule has 19 heavy (non-hydrogen) atoms. The van der Waals surface area contributed by atoms with Gasteiger partial charge in [0.2, 0.25) is 0 Å². The first-order valence-corrected chi connectivity index (χ1v) is 7.07. The van der Waals surface area contributed by atoms with Crippen molar-refractivity contribution in [2.45, 2.75) is 33.2 Å². The van der Waals surface area contributed by atoms with Crippen LogP contribution in [0.5, 0.6) is 0 Å². The van der Waals surface area contributed by atoms with Crippen LogP contribution in [0.3, 0.4) is 0 Å². The fraction of sp³-hybridized carbons (Fsp3) is 0.333. The Morgan fingerprint density at radius 2 is 1.53 bits per heavy atom. The van der Waals surface area contributed by atoms with Crippen molar-refractivity contribution in [3.05, 3.63) is 70.8 Å². The van der Waals surface area contributed by atoms with Gasteiger partial charge in [0, 0.05) is 6.54 Å². The molecule has 1 N–H and O–H groups in total. The van der Waals surface area contributed by atoms with E-state index in [0.29, 0.717) is 0 Å². The molecule has 100 valence electrons. The Balaban J connectivity index is 1.73. The second-order valence-corrected chi connectivity index (χ2v) is 5.14. The zero-order valence-corrected chi connectivity index (χ0v) is 11.9. The van der Waals surface area contributed by atoms with Crippen LogP contribution in [0, 0.1) is 13.8 Å². The van der Waals surface area contributed by atoms with Crippen LogP contribution in [-0.2, 0) is 13.0 Å². The Morgan fingerprint density at radius 3 is 2.21 bits per heavy atom. The lowest BCUT2D eigenvalue weighted by molar-refractivity contribution is 0.646. The SMILES string of the molecule is Cc1cccc(C)c1CNCCCc1ccccc1. The van der Waals surface area contributed by atoms with Crippen LogP contribution in [0.2, 0.25) is 0 Å². The third kappa shape index (κ3) is 4.22. The highest BCUT2D eigenvalue weighted by Crippen LogP contribution is 2.12. The maximum absolute atomic E-state index is 3.55. The van der Waals surface area contributed by atoms with Gasteiger partial charge in [-0.05, 0) is 55.5 Å². The molecule has 0 radical (unpaired) electrons. The second kappa shape index (κ2) is 7.10. The number of nitrogens with one attached hydrogen (secondary N) is 1. The molecule has 0 aromatic heterocycles. The van der Waals surface area contributed by atoms with Gasteiger partial charge in [0.15, 0.2) is 0 Å². The van der Waals surface area contributed by atoms with Crippen molar-refractivity contribution in [2.75, 3.05) is 6.54 Å². The van der Waals surface area contributed by atoms with Gasteiger partial charge in [-0.3, -0.25) is 0 Å². The summed E-state index contributed by atoms with van der Waals surface area (Å²) in [6.45, 7) is 6.43. The Labute approximate surface area is 116 Å².